The molecular weight excluding hydrogens is 641 g/mol. The topological polar surface area (TPSA) is 99.2 Å². The maximum atomic E-state index is 13.7. The lowest BCUT2D eigenvalue weighted by molar-refractivity contribution is 0.0952. The van der Waals surface area contributed by atoms with Crippen LogP contribution in [0.1, 0.15) is 67.3 Å². The molecule has 4 aromatic rings. The highest BCUT2D eigenvalue weighted by Crippen LogP contribution is 2.30. The number of piperazine rings is 1. The van der Waals surface area contributed by atoms with Crippen LogP contribution in [0.3, 0.4) is 0 Å². The highest BCUT2D eigenvalue weighted by Gasteiger charge is 2.21. The van der Waals surface area contributed by atoms with E-state index in [2.05, 4.69) is 93.7 Å². The van der Waals surface area contributed by atoms with Crippen LogP contribution in [-0.4, -0.2) is 60.8 Å². The number of nitrogens with zero attached hydrogens (tertiary/aromatic N) is 5. The zero-order chi connectivity index (χ0) is 30.0. The molecule has 1 aliphatic heterocycles. The Morgan fingerprint density at radius 1 is 1.07 bits per heavy atom. The van der Waals surface area contributed by atoms with E-state index in [1.807, 2.05) is 29.9 Å². The second-order valence-corrected chi connectivity index (χ2v) is 13.2. The molecular formula is C32H40IN7O2. The van der Waals surface area contributed by atoms with Crippen LogP contribution >= 0.6 is 22.6 Å². The highest BCUT2D eigenvalue weighted by atomic mass is 127. The number of nitrogens with one attached hydrogen (secondary N) is 2. The van der Waals surface area contributed by atoms with Gasteiger partial charge >= 0.3 is 0 Å². The molecule has 1 saturated heterocycles. The van der Waals surface area contributed by atoms with Crippen LogP contribution in [0.25, 0.3) is 22.0 Å². The van der Waals surface area contributed by atoms with E-state index in [4.69, 9.17) is 4.98 Å². The molecule has 0 aliphatic carbocycles. The van der Waals surface area contributed by atoms with Gasteiger partial charge in [-0.3, -0.25) is 19.2 Å². The van der Waals surface area contributed by atoms with Crippen molar-refractivity contribution >= 4 is 45.2 Å². The molecule has 1 aromatic carbocycles. The fourth-order valence-electron chi connectivity index (χ4n) is 5.70. The van der Waals surface area contributed by atoms with Gasteiger partial charge in [0.1, 0.15) is 5.82 Å². The van der Waals surface area contributed by atoms with E-state index in [1.165, 1.54) is 0 Å². The number of aromatic amines is 1. The molecule has 0 radical (unpaired) electrons. The van der Waals surface area contributed by atoms with E-state index < -0.39 is 0 Å². The summed E-state index contributed by atoms with van der Waals surface area (Å²) in [7, 11) is 0. The number of carbonyl (C=O) groups is 1. The first kappa shape index (κ1) is 30.2. The Labute approximate surface area is 260 Å². The summed E-state index contributed by atoms with van der Waals surface area (Å²) in [5.41, 5.74) is 5.51. The van der Waals surface area contributed by atoms with E-state index in [9.17, 15) is 9.59 Å². The summed E-state index contributed by atoms with van der Waals surface area (Å²) in [5, 5.41) is 8.41. The summed E-state index contributed by atoms with van der Waals surface area (Å²) in [4.78, 5) is 39.0. The predicted octanol–water partition coefficient (Wildman–Crippen LogP) is 5.46. The number of alkyl halides is 1. The van der Waals surface area contributed by atoms with Crippen molar-refractivity contribution in [3.05, 3.63) is 75.5 Å². The third-order valence-electron chi connectivity index (χ3n) is 7.98. The van der Waals surface area contributed by atoms with Crippen LogP contribution in [-0.2, 0) is 13.0 Å². The second kappa shape index (κ2) is 12.9. The Bertz CT molecular complexity index is 1620. The fourth-order valence-corrected chi connectivity index (χ4v) is 6.25. The molecule has 1 aliphatic rings. The number of amides is 1. The van der Waals surface area contributed by atoms with Crippen LogP contribution in [0, 0.1) is 6.92 Å². The summed E-state index contributed by atoms with van der Waals surface area (Å²) in [6.45, 7) is 14.5. The number of halogens is 1. The largest absolute Gasteiger partial charge is 0.354 e. The van der Waals surface area contributed by atoms with Crippen LogP contribution in [0.5, 0.6) is 0 Å². The quantitative estimate of drug-likeness (QED) is 0.138. The number of carbonyl (C=O) groups excluding carboxylic acids is 1. The van der Waals surface area contributed by atoms with Crippen LogP contribution in [0.2, 0.25) is 0 Å². The highest BCUT2D eigenvalue weighted by molar-refractivity contribution is 14.1. The summed E-state index contributed by atoms with van der Waals surface area (Å²) in [6.07, 6.45) is 5.35. The van der Waals surface area contributed by atoms with Crippen molar-refractivity contribution in [1.82, 2.24) is 30.0 Å². The Morgan fingerprint density at radius 2 is 1.83 bits per heavy atom. The van der Waals surface area contributed by atoms with E-state index in [1.54, 1.807) is 6.20 Å². The lowest BCUT2D eigenvalue weighted by atomic mass is 10.00. The number of H-pyrrole nitrogens is 1. The Kier molecular flexibility index (Phi) is 9.32. The first-order valence-corrected chi connectivity index (χ1v) is 16.0. The van der Waals surface area contributed by atoms with Gasteiger partial charge in [-0.25, -0.2) is 4.98 Å². The molecule has 10 heteroatoms. The predicted molar refractivity (Wildman–Crippen MR) is 178 cm³/mol. The van der Waals surface area contributed by atoms with E-state index >= 15 is 0 Å². The van der Waals surface area contributed by atoms with Gasteiger partial charge in [0.25, 0.3) is 11.5 Å². The molecule has 9 nitrogen and oxygen atoms in total. The number of hydrogen-bond acceptors (Lipinski definition) is 6. The standard InChI is InChI=1S/C32H40IN7O2/c1-6-7-23-14-21(4)37-32(42)27(23)18-35-31(41)26-15-25(16-29-28(26)19-36-40(29)20(2)3)24-8-9-30(34-17-24)39-12-10-38(11-13-39)22(5)33/h8-9,14-17,19-20,22H,6-7,10-13,18H2,1-5H3,(H,35,41)(H,37,42). The SMILES string of the molecule is CCCc1cc(C)[nH]c(=O)c1CNC(=O)c1cc(-c2ccc(N3CCN(C(C)I)CC3)nc2)cc2c1cnn2C(C)C. The molecule has 0 spiro atoms. The van der Waals surface area contributed by atoms with Crippen LogP contribution < -0.4 is 15.8 Å². The van der Waals surface area contributed by atoms with Crippen LogP contribution in [0.15, 0.2) is 47.5 Å². The average Bonchev–Trinajstić information content (AvgIpc) is 3.41. The van der Waals surface area contributed by atoms with Gasteiger partial charge < -0.3 is 15.2 Å². The number of aryl methyl sites for hydroxylation is 2. The molecule has 5 rings (SSSR count). The van der Waals surface area contributed by atoms with Gasteiger partial charge in [0, 0.05) is 67.2 Å². The van der Waals surface area contributed by atoms with Crippen molar-refractivity contribution < 1.29 is 4.79 Å². The zero-order valence-corrected chi connectivity index (χ0v) is 27.2. The normalized spacial score (nSPS) is 15.0. The zero-order valence-electron chi connectivity index (χ0n) is 25.1. The van der Waals surface area contributed by atoms with E-state index in [0.29, 0.717) is 15.2 Å². The number of fused-ring (bicyclic) bond motifs is 1. The smallest absolute Gasteiger partial charge is 0.253 e. The minimum absolute atomic E-state index is 0.126. The molecule has 42 heavy (non-hydrogen) atoms. The molecule has 1 amide bonds. The third kappa shape index (κ3) is 6.39. The minimum atomic E-state index is -0.237. The molecule has 0 saturated carbocycles. The minimum Gasteiger partial charge on any atom is -0.354 e. The first-order valence-electron chi connectivity index (χ1n) is 14.8. The van der Waals surface area contributed by atoms with Crippen molar-refractivity contribution in [3.8, 4) is 11.1 Å². The fraction of sp³-hybridized carbons (Fsp3) is 0.438. The molecule has 0 bridgehead atoms. The van der Waals surface area contributed by atoms with Gasteiger partial charge in [-0.1, -0.05) is 35.9 Å². The third-order valence-corrected chi connectivity index (χ3v) is 8.77. The molecule has 222 valence electrons. The van der Waals surface area contributed by atoms with E-state index in [-0.39, 0.29) is 24.1 Å². The summed E-state index contributed by atoms with van der Waals surface area (Å²) in [5.74, 6) is 0.733. The van der Waals surface area contributed by atoms with Crippen molar-refractivity contribution in [2.45, 2.75) is 64.1 Å². The lowest BCUT2D eigenvalue weighted by Gasteiger charge is -2.36. The monoisotopic (exact) mass is 681 g/mol. The van der Waals surface area contributed by atoms with Crippen molar-refractivity contribution in [3.63, 3.8) is 0 Å². The van der Waals surface area contributed by atoms with Gasteiger partial charge in [-0.05, 0) is 75.6 Å². The number of benzene rings is 1. The lowest BCUT2D eigenvalue weighted by Crippen LogP contribution is -2.48. The van der Waals surface area contributed by atoms with Gasteiger partial charge in [0.05, 0.1) is 21.3 Å². The Balaban J connectivity index is 1.44. The molecule has 1 unspecified atom stereocenters. The number of anilines is 1. The van der Waals surface area contributed by atoms with Gasteiger partial charge in [0.2, 0.25) is 0 Å². The first-order chi connectivity index (χ1) is 20.2. The molecule has 3 aromatic heterocycles. The van der Waals surface area contributed by atoms with Gasteiger partial charge in [0.15, 0.2) is 0 Å². The summed E-state index contributed by atoms with van der Waals surface area (Å²) < 4.78 is 2.46. The number of aromatic nitrogens is 4. The van der Waals surface area contributed by atoms with Crippen molar-refractivity contribution in [2.24, 2.45) is 0 Å². The van der Waals surface area contributed by atoms with Crippen molar-refractivity contribution in [2.75, 3.05) is 31.1 Å². The van der Waals surface area contributed by atoms with Crippen molar-refractivity contribution in [1.29, 1.82) is 0 Å². The molecule has 4 heterocycles. The summed E-state index contributed by atoms with van der Waals surface area (Å²) >= 11 is 2.47. The van der Waals surface area contributed by atoms with Crippen LogP contribution in [0.4, 0.5) is 5.82 Å². The Hall–Kier alpha value is -3.25. The number of hydrogen-bond donors (Lipinski definition) is 2. The molecule has 1 atom stereocenters. The van der Waals surface area contributed by atoms with Gasteiger partial charge in [-0.2, -0.15) is 5.10 Å². The molecule has 2 N–H and O–H groups in total. The van der Waals surface area contributed by atoms with Gasteiger partial charge in [-0.15, -0.1) is 0 Å². The average molecular weight is 682 g/mol. The number of rotatable bonds is 9. The second-order valence-electron chi connectivity index (χ2n) is 11.4. The maximum absolute atomic E-state index is 13.7. The Morgan fingerprint density at radius 3 is 2.48 bits per heavy atom. The van der Waals surface area contributed by atoms with E-state index in [0.717, 1.165) is 78.1 Å². The summed E-state index contributed by atoms with van der Waals surface area (Å²) in [6, 6.07) is 10.3. The number of pyridine rings is 2. The molecule has 1 fully saturated rings. The maximum Gasteiger partial charge on any atom is 0.253 e.